The van der Waals surface area contributed by atoms with Crippen molar-refractivity contribution in [2.75, 3.05) is 6.54 Å². The highest BCUT2D eigenvalue weighted by Crippen LogP contribution is 2.14. The summed E-state index contributed by atoms with van der Waals surface area (Å²) in [6.45, 7) is 2.91. The van der Waals surface area contributed by atoms with Gasteiger partial charge in [0.25, 0.3) is 0 Å². The van der Waals surface area contributed by atoms with E-state index in [-0.39, 0.29) is 18.7 Å². The Morgan fingerprint density at radius 1 is 1.50 bits per heavy atom. The van der Waals surface area contributed by atoms with E-state index in [0.717, 1.165) is 0 Å². The zero-order valence-corrected chi connectivity index (χ0v) is 7.88. The number of alkyl halides is 3. The molecule has 0 aliphatic heterocycles. The van der Waals surface area contributed by atoms with Gasteiger partial charge in [-0.05, 0) is 5.92 Å². The minimum Gasteiger partial charge on any atom is -0.481 e. The van der Waals surface area contributed by atoms with Crippen LogP contribution in [0, 0.1) is 11.8 Å². The van der Waals surface area contributed by atoms with Gasteiger partial charge in [0.05, 0.1) is 12.5 Å². The predicted octanol–water partition coefficient (Wildman–Crippen LogP) is 1.98. The monoisotopic (exact) mass is 211 g/mol. The smallest absolute Gasteiger partial charge is 0.426 e. The summed E-state index contributed by atoms with van der Waals surface area (Å²) < 4.78 is 34.8. The summed E-state index contributed by atoms with van der Waals surface area (Å²) in [4.78, 5) is 13.6. The number of carbonyl (C=O) groups is 1. The maximum Gasteiger partial charge on any atom is 0.426 e. The molecular weight excluding hydrogens is 199 g/mol. The zero-order chi connectivity index (χ0) is 11.4. The molecule has 0 saturated heterocycles. The Hall–Kier alpha value is -1.07. The largest absolute Gasteiger partial charge is 0.481 e. The number of hydrogen-bond donors (Lipinski definition) is 1. The first kappa shape index (κ1) is 12.9. The van der Waals surface area contributed by atoms with Gasteiger partial charge in [0.15, 0.2) is 0 Å². The molecule has 6 heteroatoms. The van der Waals surface area contributed by atoms with Crippen molar-refractivity contribution < 1.29 is 23.1 Å². The summed E-state index contributed by atoms with van der Waals surface area (Å²) in [5.41, 5.74) is 0. The summed E-state index contributed by atoms with van der Waals surface area (Å²) in [6, 6.07) is 0. The van der Waals surface area contributed by atoms with Crippen LogP contribution < -0.4 is 0 Å². The van der Waals surface area contributed by atoms with Crippen LogP contribution in [-0.2, 0) is 4.79 Å². The highest BCUT2D eigenvalue weighted by molar-refractivity contribution is 5.71. The van der Waals surface area contributed by atoms with Crippen molar-refractivity contribution in [3.63, 3.8) is 0 Å². The van der Waals surface area contributed by atoms with Gasteiger partial charge in [0, 0.05) is 0 Å². The van der Waals surface area contributed by atoms with E-state index in [1.165, 1.54) is 0 Å². The van der Waals surface area contributed by atoms with Crippen molar-refractivity contribution in [1.29, 1.82) is 0 Å². The number of aliphatic imine (C=N–C) groups is 1. The molecule has 0 fully saturated rings. The molecule has 14 heavy (non-hydrogen) atoms. The Morgan fingerprint density at radius 3 is 2.29 bits per heavy atom. The van der Waals surface area contributed by atoms with Gasteiger partial charge in [-0.3, -0.25) is 9.79 Å². The number of aliphatic carboxylic acids is 1. The van der Waals surface area contributed by atoms with Crippen LogP contribution in [0.3, 0.4) is 0 Å². The molecule has 1 N–H and O–H groups in total. The summed E-state index contributed by atoms with van der Waals surface area (Å²) in [6.07, 6.45) is -4.65. The molecule has 82 valence electrons. The third-order valence-electron chi connectivity index (χ3n) is 1.66. The van der Waals surface area contributed by atoms with Crippen molar-refractivity contribution >= 4 is 12.2 Å². The summed E-state index contributed by atoms with van der Waals surface area (Å²) in [5.74, 6) is -2.23. The summed E-state index contributed by atoms with van der Waals surface area (Å²) >= 11 is 0. The Bertz CT molecular complexity index is 223. The Balaban J connectivity index is 4.21. The lowest BCUT2D eigenvalue weighted by atomic mass is 9.96. The lowest BCUT2D eigenvalue weighted by molar-refractivity contribution is -0.142. The fraction of sp³-hybridized carbons (Fsp3) is 0.750. The molecule has 0 aromatic rings. The molecule has 0 aromatic heterocycles. The van der Waals surface area contributed by atoms with E-state index in [1.54, 1.807) is 13.8 Å². The third kappa shape index (κ3) is 5.55. The van der Waals surface area contributed by atoms with Crippen molar-refractivity contribution in [3.8, 4) is 0 Å². The van der Waals surface area contributed by atoms with Crippen molar-refractivity contribution in [3.05, 3.63) is 0 Å². The minimum absolute atomic E-state index is 0.175. The molecule has 1 atom stereocenters. The number of carboxylic acids is 1. The van der Waals surface area contributed by atoms with Gasteiger partial charge in [0.2, 0.25) is 0 Å². The average molecular weight is 211 g/mol. The number of nitrogens with zero attached hydrogens (tertiary/aromatic N) is 1. The molecule has 0 rings (SSSR count). The molecule has 0 unspecified atom stereocenters. The molecule has 0 radical (unpaired) electrons. The molecule has 0 amide bonds. The topological polar surface area (TPSA) is 49.7 Å². The van der Waals surface area contributed by atoms with Crippen LogP contribution in [-0.4, -0.2) is 30.0 Å². The number of hydrogen-bond acceptors (Lipinski definition) is 2. The van der Waals surface area contributed by atoms with E-state index in [4.69, 9.17) is 5.11 Å². The zero-order valence-electron chi connectivity index (χ0n) is 7.88. The fourth-order valence-electron chi connectivity index (χ4n) is 0.844. The van der Waals surface area contributed by atoms with E-state index in [2.05, 4.69) is 4.99 Å². The van der Waals surface area contributed by atoms with Crippen LogP contribution in [0.15, 0.2) is 4.99 Å². The Kier molecular flexibility index (Phi) is 4.59. The maximum atomic E-state index is 11.6. The second-order valence-corrected chi connectivity index (χ2v) is 3.22. The van der Waals surface area contributed by atoms with Crippen LogP contribution >= 0.6 is 0 Å². The quantitative estimate of drug-likeness (QED) is 0.723. The first-order valence-corrected chi connectivity index (χ1v) is 4.04. The minimum atomic E-state index is -4.47. The number of rotatable bonds is 4. The fourth-order valence-corrected chi connectivity index (χ4v) is 0.844. The van der Waals surface area contributed by atoms with Crippen LogP contribution in [0.2, 0.25) is 0 Å². The van der Waals surface area contributed by atoms with E-state index in [9.17, 15) is 18.0 Å². The van der Waals surface area contributed by atoms with Gasteiger partial charge in [-0.2, -0.15) is 13.2 Å². The third-order valence-corrected chi connectivity index (χ3v) is 1.66. The highest BCUT2D eigenvalue weighted by atomic mass is 19.4. The average Bonchev–Trinajstić information content (AvgIpc) is 1.94. The van der Waals surface area contributed by atoms with E-state index in [0.29, 0.717) is 0 Å². The molecule has 3 nitrogen and oxygen atoms in total. The SMILES string of the molecule is CC(C)[C@@H](CN=CC(F)(F)F)C(=O)O. The van der Waals surface area contributed by atoms with E-state index < -0.39 is 18.1 Å². The van der Waals surface area contributed by atoms with Crippen LogP contribution in [0.5, 0.6) is 0 Å². The molecule has 0 heterocycles. The molecule has 0 saturated carbocycles. The van der Waals surface area contributed by atoms with Gasteiger partial charge in [-0.1, -0.05) is 13.8 Å². The second-order valence-electron chi connectivity index (χ2n) is 3.22. The number of carboxylic acid groups (broad SMARTS) is 1. The van der Waals surface area contributed by atoms with Gasteiger partial charge < -0.3 is 5.11 Å². The Morgan fingerprint density at radius 2 is 2.00 bits per heavy atom. The van der Waals surface area contributed by atoms with E-state index >= 15 is 0 Å². The Labute approximate surface area is 79.6 Å². The molecule has 0 spiro atoms. The van der Waals surface area contributed by atoms with Crippen molar-refractivity contribution in [2.24, 2.45) is 16.8 Å². The first-order valence-electron chi connectivity index (χ1n) is 4.04. The normalized spacial score (nSPS) is 15.0. The standard InChI is InChI=1S/C8H12F3NO2/c1-5(2)6(7(13)14)3-12-4-8(9,10)11/h4-6H,3H2,1-2H3,(H,13,14)/t6-/m1/s1. The van der Waals surface area contributed by atoms with Crippen LogP contribution in [0.4, 0.5) is 13.2 Å². The molecule has 0 bridgehead atoms. The lowest BCUT2D eigenvalue weighted by Crippen LogP contribution is -2.23. The van der Waals surface area contributed by atoms with Crippen molar-refractivity contribution in [2.45, 2.75) is 20.0 Å². The van der Waals surface area contributed by atoms with Crippen LogP contribution in [0.1, 0.15) is 13.8 Å². The van der Waals surface area contributed by atoms with Gasteiger partial charge in [-0.25, -0.2) is 0 Å². The van der Waals surface area contributed by atoms with Gasteiger partial charge in [0.1, 0.15) is 6.21 Å². The molecule has 0 aliphatic rings. The van der Waals surface area contributed by atoms with Crippen LogP contribution in [0.25, 0.3) is 0 Å². The first-order chi connectivity index (χ1) is 6.24. The summed E-state index contributed by atoms with van der Waals surface area (Å²) in [5, 5.41) is 8.62. The van der Waals surface area contributed by atoms with E-state index in [1.807, 2.05) is 0 Å². The lowest BCUT2D eigenvalue weighted by Gasteiger charge is -2.12. The second kappa shape index (κ2) is 4.97. The maximum absolute atomic E-state index is 11.6. The van der Waals surface area contributed by atoms with Gasteiger partial charge >= 0.3 is 12.1 Å². The van der Waals surface area contributed by atoms with Crippen molar-refractivity contribution in [1.82, 2.24) is 0 Å². The molecular formula is C8H12F3NO2. The molecule has 0 aromatic carbocycles. The number of halogens is 3. The highest BCUT2D eigenvalue weighted by Gasteiger charge is 2.25. The molecule has 0 aliphatic carbocycles. The van der Waals surface area contributed by atoms with Gasteiger partial charge in [-0.15, -0.1) is 0 Å². The predicted molar refractivity (Wildman–Crippen MR) is 45.4 cm³/mol. The summed E-state index contributed by atoms with van der Waals surface area (Å²) in [7, 11) is 0.